The second-order valence-electron chi connectivity index (χ2n) is 9.26. The number of amides is 2. The van der Waals surface area contributed by atoms with Crippen molar-refractivity contribution in [1.82, 2.24) is 15.5 Å². The molecule has 0 aromatic heterocycles. The molecule has 1 saturated heterocycles. The zero-order chi connectivity index (χ0) is 24.6. The number of fused-ring (bicyclic) bond motifs is 1. The molecule has 1 aliphatic rings. The van der Waals surface area contributed by atoms with E-state index in [2.05, 4.69) is 41.0 Å². The standard InChI is InChI=1S/C29H35N3O3/c1-30-26(18-22-14-15-23-11-6-7-12-24(23)17-22)29(34)32(2)27(19-21-9-4-3-5-10-21)28(33)31-20-25-13-8-16-35-25/h3-7,9-12,14-15,17,25-27,30H,8,13,16,18-20H2,1-2H3,(H,31,33)/t25?,26?,27-/m1/s1. The van der Waals surface area contributed by atoms with E-state index in [9.17, 15) is 9.59 Å². The van der Waals surface area contributed by atoms with Crippen molar-refractivity contribution in [2.75, 3.05) is 27.2 Å². The van der Waals surface area contributed by atoms with Crippen molar-refractivity contribution in [3.63, 3.8) is 0 Å². The molecule has 0 aliphatic carbocycles. The van der Waals surface area contributed by atoms with Crippen LogP contribution in [0.3, 0.4) is 0 Å². The van der Waals surface area contributed by atoms with Gasteiger partial charge < -0.3 is 20.3 Å². The van der Waals surface area contributed by atoms with Crippen LogP contribution in [0.25, 0.3) is 10.8 Å². The molecule has 184 valence electrons. The van der Waals surface area contributed by atoms with Gasteiger partial charge in [-0.3, -0.25) is 9.59 Å². The number of rotatable bonds is 10. The first-order valence-corrected chi connectivity index (χ1v) is 12.4. The summed E-state index contributed by atoms with van der Waals surface area (Å²) in [6, 6.07) is 23.3. The van der Waals surface area contributed by atoms with Gasteiger partial charge in [-0.15, -0.1) is 0 Å². The van der Waals surface area contributed by atoms with Crippen molar-refractivity contribution in [3.05, 3.63) is 83.9 Å². The van der Waals surface area contributed by atoms with Crippen LogP contribution < -0.4 is 10.6 Å². The predicted molar refractivity (Wildman–Crippen MR) is 139 cm³/mol. The largest absolute Gasteiger partial charge is 0.376 e. The van der Waals surface area contributed by atoms with Gasteiger partial charge in [-0.1, -0.05) is 72.8 Å². The molecule has 1 fully saturated rings. The lowest BCUT2D eigenvalue weighted by molar-refractivity contribution is -0.140. The normalized spacial score (nSPS) is 17.1. The van der Waals surface area contributed by atoms with Gasteiger partial charge in [0.25, 0.3) is 0 Å². The summed E-state index contributed by atoms with van der Waals surface area (Å²) >= 11 is 0. The molecule has 0 spiro atoms. The molecule has 2 N–H and O–H groups in total. The van der Waals surface area contributed by atoms with E-state index in [0.717, 1.165) is 36.0 Å². The van der Waals surface area contributed by atoms with Gasteiger partial charge in [-0.25, -0.2) is 0 Å². The quantitative estimate of drug-likeness (QED) is 0.474. The van der Waals surface area contributed by atoms with Crippen LogP contribution in [0.4, 0.5) is 0 Å². The van der Waals surface area contributed by atoms with Gasteiger partial charge >= 0.3 is 0 Å². The maximum atomic E-state index is 13.6. The molecule has 2 unspecified atom stereocenters. The van der Waals surface area contributed by atoms with Gasteiger partial charge in [0.15, 0.2) is 0 Å². The minimum atomic E-state index is -0.612. The third kappa shape index (κ3) is 6.47. The van der Waals surface area contributed by atoms with Crippen molar-refractivity contribution >= 4 is 22.6 Å². The number of carbonyl (C=O) groups excluding carboxylic acids is 2. The van der Waals surface area contributed by atoms with E-state index in [1.165, 1.54) is 5.39 Å². The highest BCUT2D eigenvalue weighted by atomic mass is 16.5. The van der Waals surface area contributed by atoms with Gasteiger partial charge in [-0.05, 0) is 48.2 Å². The van der Waals surface area contributed by atoms with Crippen molar-refractivity contribution in [2.45, 2.75) is 43.9 Å². The highest BCUT2D eigenvalue weighted by Crippen LogP contribution is 2.18. The fourth-order valence-corrected chi connectivity index (χ4v) is 4.69. The number of hydrogen-bond donors (Lipinski definition) is 2. The molecule has 0 radical (unpaired) electrons. The summed E-state index contributed by atoms with van der Waals surface area (Å²) in [6.45, 7) is 1.21. The maximum Gasteiger partial charge on any atom is 0.243 e. The van der Waals surface area contributed by atoms with Crippen molar-refractivity contribution in [2.24, 2.45) is 0 Å². The monoisotopic (exact) mass is 473 g/mol. The molecule has 2 amide bonds. The fraction of sp³-hybridized carbons (Fsp3) is 0.379. The van der Waals surface area contributed by atoms with Crippen LogP contribution in [0, 0.1) is 0 Å². The van der Waals surface area contributed by atoms with Crippen LogP contribution in [0.1, 0.15) is 24.0 Å². The lowest BCUT2D eigenvalue weighted by atomic mass is 9.99. The van der Waals surface area contributed by atoms with Gasteiger partial charge in [-0.2, -0.15) is 0 Å². The average molecular weight is 474 g/mol. The maximum absolute atomic E-state index is 13.6. The van der Waals surface area contributed by atoms with Crippen LogP contribution in [0.5, 0.6) is 0 Å². The SMILES string of the molecule is CNC(Cc1ccc2ccccc2c1)C(=O)N(C)[C@H](Cc1ccccc1)C(=O)NCC1CCCO1. The van der Waals surface area contributed by atoms with E-state index in [1.54, 1.807) is 19.0 Å². The molecule has 0 saturated carbocycles. The van der Waals surface area contributed by atoms with Crippen molar-refractivity contribution < 1.29 is 14.3 Å². The molecule has 35 heavy (non-hydrogen) atoms. The Hall–Kier alpha value is -3.22. The highest BCUT2D eigenvalue weighted by Gasteiger charge is 2.31. The summed E-state index contributed by atoms with van der Waals surface area (Å²) in [6.07, 6.45) is 3.01. The summed E-state index contributed by atoms with van der Waals surface area (Å²) in [5.41, 5.74) is 2.09. The number of nitrogens with one attached hydrogen (secondary N) is 2. The van der Waals surface area contributed by atoms with Crippen molar-refractivity contribution in [3.8, 4) is 0 Å². The number of hydrogen-bond acceptors (Lipinski definition) is 4. The second-order valence-corrected chi connectivity index (χ2v) is 9.26. The Balaban J connectivity index is 1.48. The van der Waals surface area contributed by atoms with Gasteiger partial charge in [0.05, 0.1) is 12.1 Å². The lowest BCUT2D eigenvalue weighted by Crippen LogP contribution is -2.55. The number of ether oxygens (including phenoxy) is 1. The summed E-state index contributed by atoms with van der Waals surface area (Å²) in [5.74, 6) is -0.255. The number of likely N-dealkylation sites (N-methyl/N-ethyl adjacent to an activating group) is 2. The minimum absolute atomic E-state index is 0.0512. The molecule has 3 atom stereocenters. The Kier molecular flexibility index (Phi) is 8.50. The predicted octanol–water partition coefficient (Wildman–Crippen LogP) is 3.34. The minimum Gasteiger partial charge on any atom is -0.376 e. The summed E-state index contributed by atoms with van der Waals surface area (Å²) in [7, 11) is 3.52. The van der Waals surface area contributed by atoms with E-state index in [-0.39, 0.29) is 17.9 Å². The Bertz CT molecular complexity index is 1130. The van der Waals surface area contributed by atoms with Crippen LogP contribution in [-0.4, -0.2) is 62.1 Å². The molecule has 6 nitrogen and oxygen atoms in total. The average Bonchev–Trinajstić information content (AvgIpc) is 3.42. The van der Waals surface area contributed by atoms with Crippen LogP contribution in [0.2, 0.25) is 0 Å². The molecule has 0 bridgehead atoms. The molecular formula is C29H35N3O3. The van der Waals surface area contributed by atoms with E-state index < -0.39 is 12.1 Å². The zero-order valence-electron chi connectivity index (χ0n) is 20.6. The Morgan fingerprint density at radius 2 is 1.71 bits per heavy atom. The topological polar surface area (TPSA) is 70.7 Å². The first-order chi connectivity index (χ1) is 17.0. The van der Waals surface area contributed by atoms with Gasteiger partial charge in [0, 0.05) is 26.6 Å². The van der Waals surface area contributed by atoms with E-state index >= 15 is 0 Å². The third-order valence-corrected chi connectivity index (χ3v) is 6.82. The van der Waals surface area contributed by atoms with E-state index in [1.807, 2.05) is 42.5 Å². The van der Waals surface area contributed by atoms with E-state index in [4.69, 9.17) is 4.74 Å². The van der Waals surface area contributed by atoms with Crippen LogP contribution >= 0.6 is 0 Å². The number of benzene rings is 3. The summed E-state index contributed by atoms with van der Waals surface area (Å²) < 4.78 is 5.66. The van der Waals surface area contributed by atoms with Gasteiger partial charge in [0.1, 0.15) is 6.04 Å². The fourth-order valence-electron chi connectivity index (χ4n) is 4.69. The molecule has 4 rings (SSSR count). The van der Waals surface area contributed by atoms with E-state index in [0.29, 0.717) is 19.4 Å². The first-order valence-electron chi connectivity index (χ1n) is 12.4. The Morgan fingerprint density at radius 1 is 0.971 bits per heavy atom. The summed E-state index contributed by atoms with van der Waals surface area (Å²) in [5, 5.41) is 8.52. The second kappa shape index (κ2) is 12.0. The Morgan fingerprint density at radius 3 is 2.43 bits per heavy atom. The number of nitrogens with zero attached hydrogens (tertiary/aromatic N) is 1. The molecule has 1 aliphatic heterocycles. The van der Waals surface area contributed by atoms with Crippen LogP contribution in [-0.2, 0) is 27.2 Å². The summed E-state index contributed by atoms with van der Waals surface area (Å²) in [4.78, 5) is 28.5. The molecule has 3 aromatic carbocycles. The molecule has 1 heterocycles. The first kappa shape index (κ1) is 24.9. The molecule has 6 heteroatoms. The van der Waals surface area contributed by atoms with Crippen molar-refractivity contribution in [1.29, 1.82) is 0 Å². The molecule has 3 aromatic rings. The lowest BCUT2D eigenvalue weighted by Gasteiger charge is -2.31. The smallest absolute Gasteiger partial charge is 0.243 e. The Labute approximate surface area is 207 Å². The number of carbonyl (C=O) groups is 2. The third-order valence-electron chi connectivity index (χ3n) is 6.82. The van der Waals surface area contributed by atoms with Gasteiger partial charge in [0.2, 0.25) is 11.8 Å². The molecular weight excluding hydrogens is 438 g/mol. The zero-order valence-corrected chi connectivity index (χ0v) is 20.6. The van der Waals surface area contributed by atoms with Crippen LogP contribution in [0.15, 0.2) is 72.8 Å². The highest BCUT2D eigenvalue weighted by molar-refractivity contribution is 5.90.